The fourth-order valence-corrected chi connectivity index (χ4v) is 1.88. The Morgan fingerprint density at radius 3 is 2.33 bits per heavy atom. The van der Waals surface area contributed by atoms with Gasteiger partial charge in [-0.1, -0.05) is 12.1 Å². The van der Waals surface area contributed by atoms with Gasteiger partial charge in [0.1, 0.15) is 17.3 Å². The van der Waals surface area contributed by atoms with Gasteiger partial charge in [-0.05, 0) is 37.3 Å². The Morgan fingerprint density at radius 1 is 1.05 bits per heavy atom. The minimum atomic E-state index is -4.54. The summed E-state index contributed by atoms with van der Waals surface area (Å²) in [6.07, 6.45) is -4.54. The van der Waals surface area contributed by atoms with Crippen molar-refractivity contribution in [3.05, 3.63) is 59.4 Å². The minimum absolute atomic E-state index is 0.100. The van der Waals surface area contributed by atoms with E-state index in [1.807, 2.05) is 0 Å². The van der Waals surface area contributed by atoms with Gasteiger partial charge in [-0.2, -0.15) is 13.2 Å². The first kappa shape index (κ1) is 15.3. The van der Waals surface area contributed by atoms with E-state index in [0.717, 1.165) is 18.2 Å². The smallest absolute Gasteiger partial charge is 0.419 e. The fraction of sp³-hybridized carbons (Fsp3) is 0.200. The lowest BCUT2D eigenvalue weighted by molar-refractivity contribution is -0.138. The Hall–Kier alpha value is -2.08. The van der Waals surface area contributed by atoms with Gasteiger partial charge >= 0.3 is 6.18 Å². The van der Waals surface area contributed by atoms with Crippen molar-refractivity contribution in [3.8, 4) is 11.5 Å². The van der Waals surface area contributed by atoms with E-state index < -0.39 is 23.6 Å². The summed E-state index contributed by atoms with van der Waals surface area (Å²) >= 11 is 0. The molecule has 21 heavy (non-hydrogen) atoms. The van der Waals surface area contributed by atoms with E-state index in [2.05, 4.69) is 0 Å². The number of alkyl halides is 3. The molecule has 0 aliphatic rings. The van der Waals surface area contributed by atoms with E-state index in [1.165, 1.54) is 24.3 Å². The molecular formula is C15H13F4NO. The van der Waals surface area contributed by atoms with E-state index in [9.17, 15) is 17.6 Å². The molecule has 0 aliphatic carbocycles. The molecule has 0 saturated heterocycles. The molecule has 0 heterocycles. The van der Waals surface area contributed by atoms with Gasteiger partial charge in [-0.3, -0.25) is 0 Å². The Bertz CT molecular complexity index is 638. The second-order valence-electron chi connectivity index (χ2n) is 4.57. The Balaban J connectivity index is 2.44. The van der Waals surface area contributed by atoms with Crippen LogP contribution in [0.25, 0.3) is 0 Å². The van der Waals surface area contributed by atoms with Crippen molar-refractivity contribution in [2.45, 2.75) is 19.1 Å². The van der Waals surface area contributed by atoms with Gasteiger partial charge in [0.2, 0.25) is 0 Å². The SMILES string of the molecule is C[C@H](N)c1cc(F)ccc1Oc1ccccc1C(F)(F)F. The lowest BCUT2D eigenvalue weighted by Crippen LogP contribution is -2.09. The maximum Gasteiger partial charge on any atom is 0.419 e. The van der Waals surface area contributed by atoms with Crippen LogP contribution in [0.15, 0.2) is 42.5 Å². The normalized spacial score (nSPS) is 13.0. The van der Waals surface area contributed by atoms with Crippen LogP contribution in [0.5, 0.6) is 11.5 Å². The predicted molar refractivity (Wildman–Crippen MR) is 70.5 cm³/mol. The number of halogens is 4. The molecule has 2 rings (SSSR count). The number of ether oxygens (including phenoxy) is 1. The maximum absolute atomic E-state index is 13.2. The zero-order valence-corrected chi connectivity index (χ0v) is 11.1. The Kier molecular flexibility index (Phi) is 4.18. The van der Waals surface area contributed by atoms with E-state index in [-0.39, 0.29) is 11.5 Å². The highest BCUT2D eigenvalue weighted by molar-refractivity contribution is 5.43. The summed E-state index contributed by atoms with van der Waals surface area (Å²) in [5.41, 5.74) is 5.09. The molecule has 2 N–H and O–H groups in total. The molecule has 0 amide bonds. The van der Waals surface area contributed by atoms with Crippen LogP contribution in [0, 0.1) is 5.82 Å². The number of nitrogens with two attached hydrogens (primary N) is 1. The summed E-state index contributed by atoms with van der Waals surface area (Å²) in [5.74, 6) is -0.777. The molecule has 2 aromatic carbocycles. The van der Waals surface area contributed by atoms with Crippen LogP contribution in [0.2, 0.25) is 0 Å². The topological polar surface area (TPSA) is 35.2 Å². The summed E-state index contributed by atoms with van der Waals surface area (Å²) in [5, 5.41) is 0. The van der Waals surface area contributed by atoms with Crippen molar-refractivity contribution in [3.63, 3.8) is 0 Å². The van der Waals surface area contributed by atoms with Gasteiger partial charge < -0.3 is 10.5 Å². The molecule has 0 unspecified atom stereocenters. The number of hydrogen-bond donors (Lipinski definition) is 1. The molecule has 112 valence electrons. The van der Waals surface area contributed by atoms with Gasteiger partial charge in [-0.25, -0.2) is 4.39 Å². The molecule has 2 aromatic rings. The highest BCUT2D eigenvalue weighted by atomic mass is 19.4. The zero-order chi connectivity index (χ0) is 15.6. The second-order valence-corrected chi connectivity index (χ2v) is 4.57. The third kappa shape index (κ3) is 3.52. The molecule has 0 aromatic heterocycles. The second kappa shape index (κ2) is 5.73. The van der Waals surface area contributed by atoms with Crippen LogP contribution in [0.1, 0.15) is 24.1 Å². The molecular weight excluding hydrogens is 286 g/mol. The van der Waals surface area contributed by atoms with E-state index >= 15 is 0 Å². The van der Waals surface area contributed by atoms with E-state index in [4.69, 9.17) is 10.5 Å². The standard InChI is InChI=1S/C15H13F4NO/c1-9(20)11-8-10(16)6-7-13(11)21-14-5-3-2-4-12(14)15(17,18)19/h2-9H,20H2,1H3/t9-/m0/s1. The summed E-state index contributed by atoms with van der Waals surface area (Å²) in [4.78, 5) is 0. The first-order valence-electron chi connectivity index (χ1n) is 6.18. The number of rotatable bonds is 3. The predicted octanol–water partition coefficient (Wildman–Crippen LogP) is 4.66. The van der Waals surface area contributed by atoms with Crippen LogP contribution in [-0.4, -0.2) is 0 Å². The van der Waals surface area contributed by atoms with Crippen molar-refractivity contribution >= 4 is 0 Å². The summed E-state index contributed by atoms with van der Waals surface area (Å²) in [6, 6.07) is 7.77. The number of para-hydroxylation sites is 1. The molecule has 6 heteroatoms. The van der Waals surface area contributed by atoms with E-state index in [1.54, 1.807) is 6.92 Å². The lowest BCUT2D eigenvalue weighted by Gasteiger charge is -2.17. The zero-order valence-electron chi connectivity index (χ0n) is 11.1. The Labute approximate surface area is 119 Å². The molecule has 0 aliphatic heterocycles. The first-order valence-corrected chi connectivity index (χ1v) is 6.18. The van der Waals surface area contributed by atoms with Gasteiger partial charge in [0, 0.05) is 11.6 Å². The largest absolute Gasteiger partial charge is 0.456 e. The minimum Gasteiger partial charge on any atom is -0.456 e. The highest BCUT2D eigenvalue weighted by Crippen LogP contribution is 2.39. The van der Waals surface area contributed by atoms with Crippen molar-refractivity contribution in [1.29, 1.82) is 0 Å². The lowest BCUT2D eigenvalue weighted by atomic mass is 10.1. The van der Waals surface area contributed by atoms with Crippen molar-refractivity contribution in [2.24, 2.45) is 5.73 Å². The average Bonchev–Trinajstić information content (AvgIpc) is 2.40. The third-order valence-electron chi connectivity index (χ3n) is 2.87. The van der Waals surface area contributed by atoms with Crippen LogP contribution in [0.4, 0.5) is 17.6 Å². The fourth-order valence-electron chi connectivity index (χ4n) is 1.88. The highest BCUT2D eigenvalue weighted by Gasteiger charge is 2.34. The number of benzene rings is 2. The van der Waals surface area contributed by atoms with Crippen LogP contribution in [0.3, 0.4) is 0 Å². The van der Waals surface area contributed by atoms with Crippen LogP contribution in [-0.2, 0) is 6.18 Å². The van der Waals surface area contributed by atoms with Crippen molar-refractivity contribution < 1.29 is 22.3 Å². The van der Waals surface area contributed by atoms with Gasteiger partial charge in [0.05, 0.1) is 5.56 Å². The average molecular weight is 299 g/mol. The molecule has 0 spiro atoms. The van der Waals surface area contributed by atoms with Gasteiger partial charge in [-0.15, -0.1) is 0 Å². The molecule has 2 nitrogen and oxygen atoms in total. The summed E-state index contributed by atoms with van der Waals surface area (Å²) in [6.45, 7) is 1.59. The summed E-state index contributed by atoms with van der Waals surface area (Å²) < 4.78 is 57.3. The van der Waals surface area contributed by atoms with Gasteiger partial charge in [0.15, 0.2) is 0 Å². The summed E-state index contributed by atoms with van der Waals surface area (Å²) in [7, 11) is 0. The third-order valence-corrected chi connectivity index (χ3v) is 2.87. The first-order chi connectivity index (χ1) is 9.79. The maximum atomic E-state index is 13.2. The molecule has 0 bridgehead atoms. The molecule has 0 saturated carbocycles. The number of hydrogen-bond acceptors (Lipinski definition) is 2. The molecule has 0 fully saturated rings. The van der Waals surface area contributed by atoms with Crippen LogP contribution >= 0.6 is 0 Å². The molecule has 1 atom stereocenters. The quantitative estimate of drug-likeness (QED) is 0.837. The monoisotopic (exact) mass is 299 g/mol. The molecule has 0 radical (unpaired) electrons. The van der Waals surface area contributed by atoms with Gasteiger partial charge in [0.25, 0.3) is 0 Å². The Morgan fingerprint density at radius 2 is 1.71 bits per heavy atom. The van der Waals surface area contributed by atoms with Crippen LogP contribution < -0.4 is 10.5 Å². The van der Waals surface area contributed by atoms with Crippen molar-refractivity contribution in [1.82, 2.24) is 0 Å². The van der Waals surface area contributed by atoms with Crippen molar-refractivity contribution in [2.75, 3.05) is 0 Å². The van der Waals surface area contributed by atoms with E-state index in [0.29, 0.717) is 5.56 Å².